The van der Waals surface area contributed by atoms with Crippen LogP contribution < -0.4 is 0 Å². The van der Waals surface area contributed by atoms with E-state index >= 15 is 0 Å². The fourth-order valence-corrected chi connectivity index (χ4v) is 3.80. The van der Waals surface area contributed by atoms with Crippen molar-refractivity contribution in [3.05, 3.63) is 71.3 Å². The molecule has 0 spiro atoms. The predicted octanol–water partition coefficient (Wildman–Crippen LogP) is 4.73. The molecule has 2 aromatic carbocycles. The summed E-state index contributed by atoms with van der Waals surface area (Å²) in [4.78, 5) is 15.1. The summed E-state index contributed by atoms with van der Waals surface area (Å²) in [5, 5.41) is 9.06. The summed E-state index contributed by atoms with van der Waals surface area (Å²) in [6, 6.07) is 14.6. The number of hydrogen-bond acceptors (Lipinski definition) is 3. The number of piperazine rings is 1. The van der Waals surface area contributed by atoms with E-state index in [0.29, 0.717) is 25.2 Å². The first-order valence-corrected chi connectivity index (χ1v) is 9.17. The Morgan fingerprint density at radius 2 is 1.70 bits per heavy atom. The van der Waals surface area contributed by atoms with E-state index in [1.165, 1.54) is 12.1 Å². The second-order valence-corrected chi connectivity index (χ2v) is 7.14. The zero-order chi connectivity index (χ0) is 20.3. The molecular weight excluding hydrogens is 440 g/mol. The molecule has 1 saturated heterocycles. The lowest BCUT2D eigenvalue weighted by Gasteiger charge is -2.43. The Hall–Kier alpha value is -1.80. The van der Waals surface area contributed by atoms with Crippen LogP contribution in [0.15, 0.2) is 54.6 Å². The van der Waals surface area contributed by atoms with Crippen LogP contribution in [0.5, 0.6) is 0 Å². The number of carbonyl (C=O) groups is 1. The van der Waals surface area contributed by atoms with Crippen molar-refractivity contribution in [1.82, 2.24) is 9.80 Å². The highest BCUT2D eigenvalue weighted by molar-refractivity contribution is 5.85. The van der Waals surface area contributed by atoms with Gasteiger partial charge in [-0.15, -0.1) is 24.8 Å². The molecule has 1 heterocycles. The highest BCUT2D eigenvalue weighted by Crippen LogP contribution is 2.35. The topological polar surface area (TPSA) is 43.8 Å². The molecule has 2 aromatic rings. The van der Waals surface area contributed by atoms with Crippen molar-refractivity contribution in [2.75, 3.05) is 26.2 Å². The van der Waals surface area contributed by atoms with Crippen LogP contribution >= 0.6 is 24.8 Å². The fraction of sp³-hybridized carbons (Fsp3) is 0.381. The zero-order valence-electron chi connectivity index (χ0n) is 16.4. The molecule has 1 aliphatic rings. The second kappa shape index (κ2) is 11.0. The van der Waals surface area contributed by atoms with Gasteiger partial charge in [0.1, 0.15) is 0 Å². The molecule has 2 atom stereocenters. The average molecular weight is 465 g/mol. The van der Waals surface area contributed by atoms with Crippen LogP contribution in [0.25, 0.3) is 0 Å². The van der Waals surface area contributed by atoms with Crippen LogP contribution in [-0.4, -0.2) is 53.1 Å². The highest BCUT2D eigenvalue weighted by Gasteiger charge is 2.34. The number of halogens is 5. The van der Waals surface area contributed by atoms with Crippen LogP contribution in [0.2, 0.25) is 0 Å². The largest absolute Gasteiger partial charge is 0.480 e. The number of benzene rings is 2. The molecule has 30 heavy (non-hydrogen) atoms. The van der Waals surface area contributed by atoms with Gasteiger partial charge >= 0.3 is 12.1 Å². The van der Waals surface area contributed by atoms with Crippen molar-refractivity contribution in [1.29, 1.82) is 0 Å². The lowest BCUT2D eigenvalue weighted by Crippen LogP contribution is -2.54. The van der Waals surface area contributed by atoms with Crippen LogP contribution in [0.1, 0.15) is 29.7 Å². The summed E-state index contributed by atoms with van der Waals surface area (Å²) < 4.78 is 39.7. The van der Waals surface area contributed by atoms with Crippen molar-refractivity contribution in [2.45, 2.75) is 25.2 Å². The summed E-state index contributed by atoms with van der Waals surface area (Å²) in [5.41, 5.74) is 0.837. The van der Waals surface area contributed by atoms with Gasteiger partial charge in [-0.2, -0.15) is 13.2 Å². The van der Waals surface area contributed by atoms with E-state index in [4.69, 9.17) is 5.11 Å². The molecule has 0 aromatic heterocycles. The number of aliphatic carboxylic acids is 1. The van der Waals surface area contributed by atoms with Gasteiger partial charge in [0.25, 0.3) is 0 Å². The van der Waals surface area contributed by atoms with Crippen molar-refractivity contribution in [3.8, 4) is 0 Å². The molecule has 0 saturated carbocycles. The molecule has 166 valence electrons. The van der Waals surface area contributed by atoms with Crippen molar-refractivity contribution in [2.24, 2.45) is 0 Å². The van der Waals surface area contributed by atoms with Crippen LogP contribution in [0.4, 0.5) is 13.2 Å². The second-order valence-electron chi connectivity index (χ2n) is 7.14. The van der Waals surface area contributed by atoms with Crippen molar-refractivity contribution < 1.29 is 23.1 Å². The standard InChI is InChI=1S/C21H23F3N2O2.2ClH/c1-15-13-26(11-10-25(15)14-19(27)28)20(16-6-3-2-4-7-16)17-8-5-9-18(12-17)21(22,23)24;;/h2-9,12,15,20H,10-11,13-14H2,1H3,(H,27,28);2*1H/t15-,20+;;/m1../s1. The predicted molar refractivity (Wildman–Crippen MR) is 114 cm³/mol. The smallest absolute Gasteiger partial charge is 0.416 e. The Kier molecular flexibility index (Phi) is 9.62. The Labute approximate surface area is 186 Å². The van der Waals surface area contributed by atoms with Gasteiger partial charge in [0.15, 0.2) is 0 Å². The number of carboxylic acid groups (broad SMARTS) is 1. The zero-order valence-corrected chi connectivity index (χ0v) is 18.0. The maximum absolute atomic E-state index is 13.2. The number of carboxylic acids is 1. The maximum Gasteiger partial charge on any atom is 0.416 e. The number of rotatable bonds is 5. The highest BCUT2D eigenvalue weighted by atomic mass is 35.5. The van der Waals surface area contributed by atoms with E-state index in [9.17, 15) is 18.0 Å². The molecule has 0 unspecified atom stereocenters. The summed E-state index contributed by atoms with van der Waals surface area (Å²) in [7, 11) is 0. The van der Waals surface area contributed by atoms with Crippen molar-refractivity contribution >= 4 is 30.8 Å². The monoisotopic (exact) mass is 464 g/mol. The van der Waals surface area contributed by atoms with Gasteiger partial charge in [0, 0.05) is 25.7 Å². The maximum atomic E-state index is 13.2. The first-order valence-electron chi connectivity index (χ1n) is 9.17. The van der Waals surface area contributed by atoms with Gasteiger partial charge in [-0.3, -0.25) is 14.6 Å². The minimum absolute atomic E-state index is 0. The summed E-state index contributed by atoms with van der Waals surface area (Å²) in [6.07, 6.45) is -4.40. The third kappa shape index (κ3) is 6.35. The van der Waals surface area contributed by atoms with Gasteiger partial charge in [-0.25, -0.2) is 0 Å². The first-order chi connectivity index (χ1) is 13.3. The van der Waals surface area contributed by atoms with E-state index in [1.807, 2.05) is 42.2 Å². The SMILES string of the molecule is C[C@@H]1CN([C@@H](c2ccccc2)c2cccc(C(F)(F)F)c2)CCN1CC(=O)O.Cl.Cl. The molecule has 0 amide bonds. The molecule has 4 nitrogen and oxygen atoms in total. The minimum Gasteiger partial charge on any atom is -0.480 e. The van der Waals surface area contributed by atoms with Gasteiger partial charge in [0.05, 0.1) is 18.2 Å². The number of hydrogen-bond donors (Lipinski definition) is 1. The normalized spacial score (nSPS) is 18.7. The Balaban J connectivity index is 0.00000225. The molecule has 1 aliphatic heterocycles. The van der Waals surface area contributed by atoms with E-state index < -0.39 is 17.7 Å². The number of alkyl halides is 3. The molecule has 0 bridgehead atoms. The molecule has 0 aliphatic carbocycles. The van der Waals surface area contributed by atoms with Crippen molar-refractivity contribution in [3.63, 3.8) is 0 Å². The Morgan fingerprint density at radius 3 is 2.27 bits per heavy atom. The molecule has 0 radical (unpaired) electrons. The Morgan fingerprint density at radius 1 is 1.07 bits per heavy atom. The third-order valence-corrected chi connectivity index (χ3v) is 5.15. The molecule has 3 rings (SSSR count). The van der Waals surface area contributed by atoms with Gasteiger partial charge in [-0.1, -0.05) is 42.5 Å². The summed E-state index contributed by atoms with van der Waals surface area (Å²) in [5.74, 6) is -0.877. The average Bonchev–Trinajstić information content (AvgIpc) is 2.64. The fourth-order valence-electron chi connectivity index (χ4n) is 3.80. The molecular formula is C21H25Cl2F3N2O2. The van der Waals surface area contributed by atoms with Crippen LogP contribution in [0, 0.1) is 0 Å². The quantitative estimate of drug-likeness (QED) is 0.694. The molecule has 1 N–H and O–H groups in total. The Bertz CT molecular complexity index is 821. The van der Waals surface area contributed by atoms with Gasteiger partial charge in [0.2, 0.25) is 0 Å². The van der Waals surface area contributed by atoms with Crippen LogP contribution in [0.3, 0.4) is 0 Å². The summed E-state index contributed by atoms with van der Waals surface area (Å²) in [6.45, 7) is 3.62. The van der Waals surface area contributed by atoms with Gasteiger partial charge in [-0.05, 0) is 30.2 Å². The summed E-state index contributed by atoms with van der Waals surface area (Å²) >= 11 is 0. The van der Waals surface area contributed by atoms with E-state index in [1.54, 1.807) is 6.07 Å². The van der Waals surface area contributed by atoms with E-state index in [0.717, 1.165) is 11.6 Å². The lowest BCUT2D eigenvalue weighted by molar-refractivity contribution is -0.139. The molecule has 1 fully saturated rings. The molecule has 9 heteroatoms. The van der Waals surface area contributed by atoms with E-state index in [-0.39, 0.29) is 43.4 Å². The van der Waals surface area contributed by atoms with E-state index in [2.05, 4.69) is 4.90 Å². The van der Waals surface area contributed by atoms with Gasteiger partial charge < -0.3 is 5.11 Å². The first kappa shape index (κ1) is 26.2. The third-order valence-electron chi connectivity index (χ3n) is 5.15. The number of nitrogens with zero attached hydrogens (tertiary/aromatic N) is 2. The lowest BCUT2D eigenvalue weighted by atomic mass is 9.94. The minimum atomic E-state index is -4.40. The van der Waals surface area contributed by atoms with Crippen LogP contribution in [-0.2, 0) is 11.0 Å².